The van der Waals surface area contributed by atoms with Crippen LogP contribution >= 0.6 is 15.9 Å². The normalized spacial score (nSPS) is 10.6. The van der Waals surface area contributed by atoms with Crippen LogP contribution in [0.25, 0.3) is 11.0 Å². The van der Waals surface area contributed by atoms with Crippen molar-refractivity contribution < 1.29 is 9.66 Å². The lowest BCUT2D eigenvalue weighted by Crippen LogP contribution is -2.04. The summed E-state index contributed by atoms with van der Waals surface area (Å²) in [7, 11) is 1.53. The summed E-state index contributed by atoms with van der Waals surface area (Å²) in [6, 6.07) is 8.20. The van der Waals surface area contributed by atoms with Crippen LogP contribution in [0.1, 0.15) is 5.56 Å². The zero-order chi connectivity index (χ0) is 17.1. The number of hydrogen-bond donors (Lipinski definition) is 1. The van der Waals surface area contributed by atoms with E-state index in [0.29, 0.717) is 17.9 Å². The fourth-order valence-electron chi connectivity index (χ4n) is 2.36. The van der Waals surface area contributed by atoms with E-state index in [-0.39, 0.29) is 5.69 Å². The fourth-order valence-corrected chi connectivity index (χ4v) is 2.67. The van der Waals surface area contributed by atoms with Gasteiger partial charge in [0, 0.05) is 41.1 Å². The quantitative estimate of drug-likeness (QED) is 0.526. The van der Waals surface area contributed by atoms with E-state index in [4.69, 9.17) is 4.74 Å². The number of nitro benzene ring substituents is 1. The molecule has 0 saturated heterocycles. The average Bonchev–Trinajstić information content (AvgIpc) is 2.59. The number of aromatic nitrogens is 2. The number of halogens is 1. The molecule has 0 aliphatic rings. The molecule has 0 unspecified atom stereocenters. The molecule has 0 spiro atoms. The smallest absolute Gasteiger partial charge is 0.270 e. The molecule has 0 aliphatic carbocycles. The van der Waals surface area contributed by atoms with Gasteiger partial charge in [0.05, 0.1) is 23.2 Å². The summed E-state index contributed by atoms with van der Waals surface area (Å²) in [5.41, 5.74) is 2.98. The predicted molar refractivity (Wildman–Crippen MR) is 94.2 cm³/mol. The molecule has 2 heterocycles. The van der Waals surface area contributed by atoms with Crippen molar-refractivity contribution in [1.82, 2.24) is 9.97 Å². The van der Waals surface area contributed by atoms with Gasteiger partial charge in [-0.05, 0) is 34.1 Å². The molecule has 2 aromatic heterocycles. The number of nitro groups is 1. The third-order valence-electron chi connectivity index (χ3n) is 3.49. The number of non-ortho nitro benzene ring substituents is 1. The summed E-state index contributed by atoms with van der Waals surface area (Å²) in [6.45, 7) is 0.363. The standard InChI is InChI=1S/C16H13BrN4O3/c1-24-15-3-2-12(21(22)23)6-10(15)8-19-13-4-5-18-14-7-11(17)9-20-16(13)14/h2-7,9H,8H2,1H3,(H,18,19). The highest BCUT2D eigenvalue weighted by atomic mass is 79.9. The van der Waals surface area contributed by atoms with E-state index < -0.39 is 4.92 Å². The first-order valence-electron chi connectivity index (χ1n) is 7.04. The Labute approximate surface area is 146 Å². The molecule has 8 heteroatoms. The maximum atomic E-state index is 11.0. The lowest BCUT2D eigenvalue weighted by atomic mass is 10.1. The Hall–Kier alpha value is -2.74. The van der Waals surface area contributed by atoms with Crippen LogP contribution in [0, 0.1) is 10.1 Å². The molecule has 0 amide bonds. The van der Waals surface area contributed by atoms with Crippen molar-refractivity contribution in [2.45, 2.75) is 6.54 Å². The summed E-state index contributed by atoms with van der Waals surface area (Å²) in [5.74, 6) is 0.585. The number of ether oxygens (including phenoxy) is 1. The highest BCUT2D eigenvalue weighted by Gasteiger charge is 2.12. The van der Waals surface area contributed by atoms with Crippen molar-refractivity contribution in [3.63, 3.8) is 0 Å². The zero-order valence-corrected chi connectivity index (χ0v) is 14.3. The van der Waals surface area contributed by atoms with E-state index in [1.54, 1.807) is 18.5 Å². The summed E-state index contributed by atoms with van der Waals surface area (Å²) in [4.78, 5) is 19.2. The highest BCUT2D eigenvalue weighted by molar-refractivity contribution is 9.10. The molecule has 1 aromatic carbocycles. The van der Waals surface area contributed by atoms with Crippen LogP contribution in [-0.4, -0.2) is 22.0 Å². The number of methoxy groups -OCH3 is 1. The Bertz CT molecular complexity index is 917. The van der Waals surface area contributed by atoms with Crippen LogP contribution in [0.3, 0.4) is 0 Å². The zero-order valence-electron chi connectivity index (χ0n) is 12.7. The molecule has 0 fully saturated rings. The van der Waals surface area contributed by atoms with E-state index in [0.717, 1.165) is 21.2 Å². The number of hydrogen-bond acceptors (Lipinski definition) is 6. The molecule has 0 radical (unpaired) electrons. The Kier molecular flexibility index (Phi) is 4.57. The van der Waals surface area contributed by atoms with Crippen molar-refractivity contribution in [3.8, 4) is 5.75 Å². The van der Waals surface area contributed by atoms with Gasteiger partial charge >= 0.3 is 0 Å². The summed E-state index contributed by atoms with van der Waals surface area (Å²) < 4.78 is 6.12. The number of fused-ring (bicyclic) bond motifs is 1. The summed E-state index contributed by atoms with van der Waals surface area (Å²) in [5, 5.41) is 14.2. The highest BCUT2D eigenvalue weighted by Crippen LogP contribution is 2.27. The van der Waals surface area contributed by atoms with Gasteiger partial charge < -0.3 is 10.1 Å². The van der Waals surface area contributed by atoms with Crippen molar-refractivity contribution in [2.75, 3.05) is 12.4 Å². The third kappa shape index (κ3) is 3.28. The van der Waals surface area contributed by atoms with Gasteiger partial charge in [-0.3, -0.25) is 20.1 Å². The molecule has 122 valence electrons. The molecule has 7 nitrogen and oxygen atoms in total. The molecule has 0 saturated carbocycles. The molecule has 3 rings (SSSR count). The molecular weight excluding hydrogens is 376 g/mol. The Morgan fingerprint density at radius 3 is 2.88 bits per heavy atom. The number of rotatable bonds is 5. The van der Waals surface area contributed by atoms with E-state index in [1.165, 1.54) is 19.2 Å². The molecule has 3 aromatic rings. The van der Waals surface area contributed by atoms with Crippen molar-refractivity contribution in [1.29, 1.82) is 0 Å². The first-order chi connectivity index (χ1) is 11.6. The van der Waals surface area contributed by atoms with E-state index in [9.17, 15) is 10.1 Å². The fraction of sp³-hybridized carbons (Fsp3) is 0.125. The summed E-state index contributed by atoms with van der Waals surface area (Å²) in [6.07, 6.45) is 3.38. The first kappa shape index (κ1) is 16.1. The van der Waals surface area contributed by atoms with Crippen LogP contribution in [0.4, 0.5) is 11.4 Å². The number of nitrogens with one attached hydrogen (secondary N) is 1. The maximum Gasteiger partial charge on any atom is 0.270 e. The molecule has 0 aliphatic heterocycles. The van der Waals surface area contributed by atoms with Crippen LogP contribution < -0.4 is 10.1 Å². The van der Waals surface area contributed by atoms with E-state index in [1.807, 2.05) is 12.1 Å². The second-order valence-electron chi connectivity index (χ2n) is 4.99. The Morgan fingerprint density at radius 1 is 1.29 bits per heavy atom. The molecule has 24 heavy (non-hydrogen) atoms. The predicted octanol–water partition coefficient (Wildman–Crippen LogP) is 3.92. The molecule has 0 bridgehead atoms. The molecule has 0 atom stereocenters. The minimum Gasteiger partial charge on any atom is -0.496 e. The van der Waals surface area contributed by atoms with Gasteiger partial charge in [0.15, 0.2) is 0 Å². The topological polar surface area (TPSA) is 90.2 Å². The average molecular weight is 389 g/mol. The SMILES string of the molecule is COc1ccc([N+](=O)[O-])cc1CNc1ccnc2cc(Br)cnc12. The van der Waals surface area contributed by atoms with E-state index in [2.05, 4.69) is 31.2 Å². The van der Waals surface area contributed by atoms with Crippen LogP contribution in [0.5, 0.6) is 5.75 Å². The summed E-state index contributed by atoms with van der Waals surface area (Å²) >= 11 is 3.37. The second kappa shape index (κ2) is 6.79. The lowest BCUT2D eigenvalue weighted by molar-refractivity contribution is -0.384. The van der Waals surface area contributed by atoms with Gasteiger partial charge in [-0.2, -0.15) is 0 Å². The van der Waals surface area contributed by atoms with Gasteiger partial charge in [0.1, 0.15) is 11.3 Å². The number of pyridine rings is 2. The van der Waals surface area contributed by atoms with Crippen LogP contribution in [-0.2, 0) is 6.54 Å². The Morgan fingerprint density at radius 2 is 2.12 bits per heavy atom. The van der Waals surface area contributed by atoms with Crippen molar-refractivity contribution in [3.05, 3.63) is 62.9 Å². The number of nitrogens with zero attached hydrogens (tertiary/aromatic N) is 3. The third-order valence-corrected chi connectivity index (χ3v) is 3.92. The monoisotopic (exact) mass is 388 g/mol. The lowest BCUT2D eigenvalue weighted by Gasteiger charge is -2.11. The van der Waals surface area contributed by atoms with Crippen molar-refractivity contribution >= 4 is 38.3 Å². The molecule has 1 N–H and O–H groups in total. The Balaban J connectivity index is 1.91. The second-order valence-corrected chi connectivity index (χ2v) is 5.90. The van der Waals surface area contributed by atoms with Gasteiger partial charge in [-0.1, -0.05) is 0 Å². The first-order valence-corrected chi connectivity index (χ1v) is 7.83. The van der Waals surface area contributed by atoms with Gasteiger partial charge in [-0.15, -0.1) is 0 Å². The largest absolute Gasteiger partial charge is 0.496 e. The van der Waals surface area contributed by atoms with Crippen molar-refractivity contribution in [2.24, 2.45) is 0 Å². The minimum atomic E-state index is -0.427. The number of anilines is 1. The van der Waals surface area contributed by atoms with Gasteiger partial charge in [0.25, 0.3) is 5.69 Å². The minimum absolute atomic E-state index is 0.0224. The number of benzene rings is 1. The van der Waals surface area contributed by atoms with Crippen LogP contribution in [0.2, 0.25) is 0 Å². The van der Waals surface area contributed by atoms with Gasteiger partial charge in [0.2, 0.25) is 0 Å². The maximum absolute atomic E-state index is 11.0. The van der Waals surface area contributed by atoms with Crippen LogP contribution in [0.15, 0.2) is 47.2 Å². The van der Waals surface area contributed by atoms with E-state index >= 15 is 0 Å². The van der Waals surface area contributed by atoms with Gasteiger partial charge in [-0.25, -0.2) is 0 Å². The molecular formula is C16H13BrN4O3.